The van der Waals surface area contributed by atoms with Gasteiger partial charge >= 0.3 is 0 Å². The van der Waals surface area contributed by atoms with Crippen molar-refractivity contribution < 1.29 is 5.11 Å². The summed E-state index contributed by atoms with van der Waals surface area (Å²) in [5.41, 5.74) is 4.66. The number of rotatable bonds is 3. The van der Waals surface area contributed by atoms with Gasteiger partial charge in [-0.2, -0.15) is 0 Å². The van der Waals surface area contributed by atoms with Crippen molar-refractivity contribution in [3.63, 3.8) is 0 Å². The highest BCUT2D eigenvalue weighted by Crippen LogP contribution is 2.16. The van der Waals surface area contributed by atoms with Gasteiger partial charge in [-0.15, -0.1) is 0 Å². The normalized spacial score (nSPS) is 10.7. The van der Waals surface area contributed by atoms with Crippen molar-refractivity contribution in [2.75, 3.05) is 0 Å². The second-order valence-corrected chi connectivity index (χ2v) is 4.13. The van der Waals surface area contributed by atoms with Crippen LogP contribution in [0.1, 0.15) is 22.5 Å². The zero-order valence-corrected chi connectivity index (χ0v) is 9.77. The van der Waals surface area contributed by atoms with E-state index in [2.05, 4.69) is 48.7 Å². The Morgan fingerprint density at radius 1 is 1.12 bits per heavy atom. The highest BCUT2D eigenvalue weighted by atomic mass is 16.3. The second kappa shape index (κ2) is 4.54. The van der Waals surface area contributed by atoms with Crippen molar-refractivity contribution in [1.29, 1.82) is 0 Å². The van der Waals surface area contributed by atoms with Gasteiger partial charge in [-0.25, -0.2) is 0 Å². The number of hydrogen-bond donors (Lipinski definition) is 1. The molecule has 0 radical (unpaired) electrons. The fourth-order valence-corrected chi connectivity index (χ4v) is 2.04. The van der Waals surface area contributed by atoms with E-state index in [4.69, 9.17) is 0 Å². The molecule has 1 heterocycles. The number of aromatic nitrogens is 1. The van der Waals surface area contributed by atoms with Crippen molar-refractivity contribution >= 4 is 0 Å². The molecule has 0 aliphatic rings. The van der Waals surface area contributed by atoms with E-state index in [-0.39, 0.29) is 6.61 Å². The van der Waals surface area contributed by atoms with Gasteiger partial charge in [0.05, 0.1) is 6.61 Å². The Kier molecular flexibility index (Phi) is 3.11. The standard InChI is InChI=1S/C14H17NO/c1-11-8-14(10-16)12(2)15(11)9-13-6-4-3-5-7-13/h3-8,16H,9-10H2,1-2H3. The van der Waals surface area contributed by atoms with Crippen LogP contribution in [0.4, 0.5) is 0 Å². The molecule has 2 rings (SSSR count). The topological polar surface area (TPSA) is 25.2 Å². The maximum Gasteiger partial charge on any atom is 0.0699 e. The van der Waals surface area contributed by atoms with E-state index in [0.717, 1.165) is 17.8 Å². The molecule has 1 N–H and O–H groups in total. The van der Waals surface area contributed by atoms with Crippen LogP contribution in [-0.2, 0) is 13.2 Å². The molecular weight excluding hydrogens is 198 g/mol. The van der Waals surface area contributed by atoms with Crippen LogP contribution in [0.25, 0.3) is 0 Å². The number of hydrogen-bond acceptors (Lipinski definition) is 1. The summed E-state index contributed by atoms with van der Waals surface area (Å²) in [5, 5.41) is 9.21. The molecule has 1 aromatic carbocycles. The third-order valence-electron chi connectivity index (χ3n) is 3.03. The van der Waals surface area contributed by atoms with Crippen LogP contribution in [0.3, 0.4) is 0 Å². The monoisotopic (exact) mass is 215 g/mol. The molecule has 16 heavy (non-hydrogen) atoms. The predicted molar refractivity (Wildman–Crippen MR) is 65.4 cm³/mol. The molecule has 0 unspecified atom stereocenters. The maximum absolute atomic E-state index is 9.21. The SMILES string of the molecule is Cc1cc(CO)c(C)n1Cc1ccccc1. The zero-order chi connectivity index (χ0) is 11.5. The average molecular weight is 215 g/mol. The summed E-state index contributed by atoms with van der Waals surface area (Å²) < 4.78 is 2.24. The van der Waals surface area contributed by atoms with E-state index < -0.39 is 0 Å². The van der Waals surface area contributed by atoms with Crippen molar-refractivity contribution in [3.8, 4) is 0 Å². The minimum absolute atomic E-state index is 0.120. The Morgan fingerprint density at radius 3 is 2.38 bits per heavy atom. The van der Waals surface area contributed by atoms with E-state index in [0.29, 0.717) is 0 Å². The van der Waals surface area contributed by atoms with Crippen LogP contribution in [-0.4, -0.2) is 9.67 Å². The van der Waals surface area contributed by atoms with E-state index >= 15 is 0 Å². The molecule has 0 aliphatic heterocycles. The Morgan fingerprint density at radius 2 is 1.81 bits per heavy atom. The van der Waals surface area contributed by atoms with Crippen LogP contribution < -0.4 is 0 Å². The molecule has 0 fully saturated rings. The summed E-state index contributed by atoms with van der Waals surface area (Å²) in [4.78, 5) is 0. The molecule has 0 spiro atoms. The first-order chi connectivity index (χ1) is 7.72. The van der Waals surface area contributed by atoms with Crippen molar-refractivity contribution in [1.82, 2.24) is 4.57 Å². The molecule has 0 atom stereocenters. The second-order valence-electron chi connectivity index (χ2n) is 4.13. The van der Waals surface area contributed by atoms with E-state index in [1.54, 1.807) is 0 Å². The fraction of sp³-hybridized carbons (Fsp3) is 0.286. The Hall–Kier alpha value is -1.54. The molecule has 0 aliphatic carbocycles. The Bertz CT molecular complexity index is 471. The molecule has 0 saturated carbocycles. The lowest BCUT2D eigenvalue weighted by molar-refractivity contribution is 0.281. The summed E-state index contributed by atoms with van der Waals surface area (Å²) in [6, 6.07) is 12.4. The van der Waals surface area contributed by atoms with Gasteiger partial charge < -0.3 is 9.67 Å². The van der Waals surface area contributed by atoms with Gasteiger partial charge in [0, 0.05) is 17.9 Å². The molecule has 1 aromatic heterocycles. The van der Waals surface area contributed by atoms with E-state index in [1.807, 2.05) is 6.07 Å². The number of aryl methyl sites for hydroxylation is 1. The Balaban J connectivity index is 2.31. The molecule has 2 heteroatoms. The van der Waals surface area contributed by atoms with E-state index in [9.17, 15) is 5.11 Å². The minimum atomic E-state index is 0.120. The lowest BCUT2D eigenvalue weighted by Gasteiger charge is -2.09. The average Bonchev–Trinajstić information content (AvgIpc) is 2.58. The van der Waals surface area contributed by atoms with Gasteiger partial charge in [0.1, 0.15) is 0 Å². The van der Waals surface area contributed by atoms with Crippen LogP contribution in [0, 0.1) is 13.8 Å². The van der Waals surface area contributed by atoms with Crippen molar-refractivity contribution in [3.05, 3.63) is 58.9 Å². The lowest BCUT2D eigenvalue weighted by atomic mass is 10.2. The first kappa shape index (κ1) is 11.0. The maximum atomic E-state index is 9.21. The van der Waals surface area contributed by atoms with Gasteiger partial charge in [-0.3, -0.25) is 0 Å². The minimum Gasteiger partial charge on any atom is -0.392 e. The molecule has 0 amide bonds. The largest absolute Gasteiger partial charge is 0.392 e. The summed E-state index contributed by atoms with van der Waals surface area (Å²) >= 11 is 0. The van der Waals surface area contributed by atoms with E-state index in [1.165, 1.54) is 11.3 Å². The van der Waals surface area contributed by atoms with Crippen LogP contribution in [0.15, 0.2) is 36.4 Å². The predicted octanol–water partition coefficient (Wildman–Crippen LogP) is 2.65. The lowest BCUT2D eigenvalue weighted by Crippen LogP contribution is -2.04. The number of aliphatic hydroxyl groups is 1. The molecule has 84 valence electrons. The number of aliphatic hydroxyl groups excluding tert-OH is 1. The smallest absolute Gasteiger partial charge is 0.0699 e. The number of nitrogens with zero attached hydrogens (tertiary/aromatic N) is 1. The highest BCUT2D eigenvalue weighted by molar-refractivity contribution is 5.28. The third kappa shape index (κ3) is 2.02. The first-order valence-electron chi connectivity index (χ1n) is 5.52. The van der Waals surface area contributed by atoms with Gasteiger partial charge in [0.25, 0.3) is 0 Å². The van der Waals surface area contributed by atoms with Gasteiger partial charge in [-0.05, 0) is 31.0 Å². The first-order valence-corrected chi connectivity index (χ1v) is 5.52. The van der Waals surface area contributed by atoms with Gasteiger partial charge in [0.2, 0.25) is 0 Å². The van der Waals surface area contributed by atoms with Crippen molar-refractivity contribution in [2.45, 2.75) is 27.0 Å². The summed E-state index contributed by atoms with van der Waals surface area (Å²) in [5.74, 6) is 0. The third-order valence-corrected chi connectivity index (χ3v) is 3.03. The summed E-state index contributed by atoms with van der Waals surface area (Å²) in [7, 11) is 0. The number of benzene rings is 1. The van der Waals surface area contributed by atoms with Gasteiger partial charge in [-0.1, -0.05) is 30.3 Å². The molecule has 0 saturated heterocycles. The Labute approximate surface area is 96.2 Å². The van der Waals surface area contributed by atoms with Gasteiger partial charge in [0.15, 0.2) is 0 Å². The fourth-order valence-electron chi connectivity index (χ4n) is 2.04. The quantitative estimate of drug-likeness (QED) is 0.836. The highest BCUT2D eigenvalue weighted by Gasteiger charge is 2.07. The summed E-state index contributed by atoms with van der Waals surface area (Å²) in [6.07, 6.45) is 0. The molecular formula is C14H17NO. The van der Waals surface area contributed by atoms with Crippen LogP contribution >= 0.6 is 0 Å². The molecule has 2 aromatic rings. The molecule has 0 bridgehead atoms. The van der Waals surface area contributed by atoms with Crippen molar-refractivity contribution in [2.24, 2.45) is 0 Å². The molecule has 2 nitrogen and oxygen atoms in total. The van der Waals surface area contributed by atoms with Crippen LogP contribution in [0.2, 0.25) is 0 Å². The van der Waals surface area contributed by atoms with Crippen LogP contribution in [0.5, 0.6) is 0 Å². The summed E-state index contributed by atoms with van der Waals surface area (Å²) in [6.45, 7) is 5.13. The zero-order valence-electron chi connectivity index (χ0n) is 9.77.